The largest absolute Gasteiger partial charge is 0.504 e. The summed E-state index contributed by atoms with van der Waals surface area (Å²) in [6.07, 6.45) is 19.3. The van der Waals surface area contributed by atoms with Gasteiger partial charge >= 0.3 is 5.97 Å². The van der Waals surface area contributed by atoms with Crippen LogP contribution in [0.15, 0.2) is 18.2 Å². The van der Waals surface area contributed by atoms with E-state index in [1.807, 2.05) is 0 Å². The molecule has 0 fully saturated rings. The van der Waals surface area contributed by atoms with E-state index in [1.54, 1.807) is 0 Å². The number of unbranched alkanes of at least 4 members (excludes halogenated alkanes) is 14. The van der Waals surface area contributed by atoms with E-state index in [9.17, 15) is 24.9 Å². The predicted octanol–water partition coefficient (Wildman–Crippen LogP) is 6.47. The SMILES string of the molecule is CCCCCCCCCCCCCCCCCC(=O)N[C@@H](Cc1ccc(O)c(O)c1)C(=O)O. The Hall–Kier alpha value is -2.24. The predicted molar refractivity (Wildman–Crippen MR) is 133 cm³/mol. The number of hydrogen-bond donors (Lipinski definition) is 4. The molecule has 0 heterocycles. The molecule has 1 amide bonds. The minimum Gasteiger partial charge on any atom is -0.504 e. The van der Waals surface area contributed by atoms with Crippen LogP contribution in [0.25, 0.3) is 0 Å². The van der Waals surface area contributed by atoms with Gasteiger partial charge in [-0.05, 0) is 24.1 Å². The smallest absolute Gasteiger partial charge is 0.326 e. The third kappa shape index (κ3) is 14.5. The van der Waals surface area contributed by atoms with Crippen LogP contribution < -0.4 is 5.32 Å². The molecule has 1 atom stereocenters. The summed E-state index contributed by atoms with van der Waals surface area (Å²) in [5.41, 5.74) is 0.532. The van der Waals surface area contributed by atoms with Crippen LogP contribution in [0.4, 0.5) is 0 Å². The summed E-state index contributed by atoms with van der Waals surface area (Å²) in [5.74, 6) is -1.95. The normalized spacial score (nSPS) is 11.9. The highest BCUT2D eigenvalue weighted by atomic mass is 16.4. The second-order valence-corrected chi connectivity index (χ2v) is 9.19. The second-order valence-electron chi connectivity index (χ2n) is 9.19. The standard InChI is InChI=1S/C27H45NO5/c1-2-3-4-5-6-7-8-9-10-11-12-13-14-15-16-17-26(31)28-23(27(32)33)20-22-18-19-24(29)25(30)21-22/h18-19,21,23,29-30H,2-17,20H2,1H3,(H,28,31)(H,32,33)/t23-/m0/s1. The van der Waals surface area contributed by atoms with E-state index in [1.165, 1.54) is 95.2 Å². The van der Waals surface area contributed by atoms with E-state index >= 15 is 0 Å². The maximum absolute atomic E-state index is 12.1. The number of hydrogen-bond acceptors (Lipinski definition) is 4. The Morgan fingerprint density at radius 1 is 0.758 bits per heavy atom. The fourth-order valence-corrected chi connectivity index (χ4v) is 4.06. The summed E-state index contributed by atoms with van der Waals surface area (Å²) >= 11 is 0. The molecule has 1 rings (SSSR count). The Balaban J connectivity index is 2.04. The molecular formula is C27H45NO5. The van der Waals surface area contributed by atoms with Gasteiger partial charge in [-0.15, -0.1) is 0 Å². The molecule has 4 N–H and O–H groups in total. The molecular weight excluding hydrogens is 418 g/mol. The molecule has 0 bridgehead atoms. The topological polar surface area (TPSA) is 107 Å². The fourth-order valence-electron chi connectivity index (χ4n) is 4.06. The number of carbonyl (C=O) groups is 2. The lowest BCUT2D eigenvalue weighted by molar-refractivity contribution is -0.141. The maximum Gasteiger partial charge on any atom is 0.326 e. The van der Waals surface area contributed by atoms with Gasteiger partial charge in [0.25, 0.3) is 0 Å². The number of phenolic OH excluding ortho intramolecular Hbond substituents is 2. The molecule has 6 nitrogen and oxygen atoms in total. The molecule has 6 heteroatoms. The summed E-state index contributed by atoms with van der Waals surface area (Å²) in [6.45, 7) is 2.25. The minimum absolute atomic E-state index is 0.0494. The summed E-state index contributed by atoms with van der Waals surface area (Å²) in [7, 11) is 0. The average molecular weight is 464 g/mol. The van der Waals surface area contributed by atoms with Crippen LogP contribution in [0.5, 0.6) is 11.5 Å². The number of carbonyl (C=O) groups excluding carboxylic acids is 1. The number of nitrogens with one attached hydrogen (secondary N) is 1. The van der Waals surface area contributed by atoms with Gasteiger partial charge < -0.3 is 20.6 Å². The van der Waals surface area contributed by atoms with Crippen LogP contribution in [-0.4, -0.2) is 33.2 Å². The number of benzene rings is 1. The zero-order valence-corrected chi connectivity index (χ0v) is 20.5. The quantitative estimate of drug-likeness (QED) is 0.131. The van der Waals surface area contributed by atoms with Gasteiger partial charge in [-0.3, -0.25) is 4.79 Å². The molecule has 0 aromatic heterocycles. The van der Waals surface area contributed by atoms with Crippen molar-refractivity contribution in [2.75, 3.05) is 0 Å². The van der Waals surface area contributed by atoms with Gasteiger partial charge in [0.15, 0.2) is 11.5 Å². The van der Waals surface area contributed by atoms with Crippen LogP contribution in [0.1, 0.15) is 115 Å². The Morgan fingerprint density at radius 2 is 1.24 bits per heavy atom. The van der Waals surface area contributed by atoms with Gasteiger partial charge in [0.1, 0.15) is 6.04 Å². The van der Waals surface area contributed by atoms with Crippen LogP contribution in [0.3, 0.4) is 0 Å². The highest BCUT2D eigenvalue weighted by Crippen LogP contribution is 2.25. The van der Waals surface area contributed by atoms with Crippen molar-refractivity contribution in [2.45, 2.75) is 122 Å². The van der Waals surface area contributed by atoms with Crippen molar-refractivity contribution in [3.05, 3.63) is 23.8 Å². The van der Waals surface area contributed by atoms with E-state index < -0.39 is 12.0 Å². The highest BCUT2D eigenvalue weighted by molar-refractivity contribution is 5.83. The van der Waals surface area contributed by atoms with Crippen LogP contribution in [0.2, 0.25) is 0 Å². The molecule has 33 heavy (non-hydrogen) atoms. The van der Waals surface area contributed by atoms with E-state index in [0.29, 0.717) is 12.0 Å². The first-order valence-electron chi connectivity index (χ1n) is 13.0. The molecule has 1 aromatic carbocycles. The Labute approximate surface area is 199 Å². The van der Waals surface area contributed by atoms with E-state index in [2.05, 4.69) is 12.2 Å². The number of aliphatic carboxylic acids is 1. The van der Waals surface area contributed by atoms with Gasteiger partial charge in [0, 0.05) is 12.8 Å². The van der Waals surface area contributed by atoms with E-state index in [0.717, 1.165) is 19.3 Å². The fraction of sp³-hybridized carbons (Fsp3) is 0.704. The first-order valence-corrected chi connectivity index (χ1v) is 13.0. The first-order chi connectivity index (χ1) is 15.9. The van der Waals surface area contributed by atoms with Crippen molar-refractivity contribution in [2.24, 2.45) is 0 Å². The van der Waals surface area contributed by atoms with Gasteiger partial charge in [-0.1, -0.05) is 103 Å². The van der Waals surface area contributed by atoms with Crippen molar-refractivity contribution in [3.8, 4) is 11.5 Å². The summed E-state index contributed by atoms with van der Waals surface area (Å²) in [5, 5.41) is 30.9. The lowest BCUT2D eigenvalue weighted by Gasteiger charge is -2.15. The molecule has 0 unspecified atom stereocenters. The molecule has 0 saturated carbocycles. The number of phenols is 2. The molecule has 0 aliphatic rings. The summed E-state index contributed by atoms with van der Waals surface area (Å²) in [4.78, 5) is 23.6. The number of rotatable bonds is 20. The molecule has 0 radical (unpaired) electrons. The first kappa shape index (κ1) is 28.8. The molecule has 0 saturated heterocycles. The van der Waals surface area contributed by atoms with Crippen LogP contribution in [-0.2, 0) is 16.0 Å². The third-order valence-corrected chi connectivity index (χ3v) is 6.12. The lowest BCUT2D eigenvalue weighted by Crippen LogP contribution is -2.42. The van der Waals surface area contributed by atoms with E-state index in [4.69, 9.17) is 0 Å². The van der Waals surface area contributed by atoms with Gasteiger partial charge in [-0.25, -0.2) is 4.79 Å². The molecule has 0 spiro atoms. The van der Waals surface area contributed by atoms with Gasteiger partial charge in [-0.2, -0.15) is 0 Å². The van der Waals surface area contributed by atoms with Crippen LogP contribution >= 0.6 is 0 Å². The Bertz CT molecular complexity index is 676. The zero-order chi connectivity index (χ0) is 24.3. The van der Waals surface area contributed by atoms with Crippen molar-refractivity contribution in [1.82, 2.24) is 5.32 Å². The summed E-state index contributed by atoms with van der Waals surface area (Å²) < 4.78 is 0. The second kappa shape index (κ2) is 18.2. The monoisotopic (exact) mass is 463 g/mol. The molecule has 0 aliphatic heterocycles. The third-order valence-electron chi connectivity index (χ3n) is 6.12. The number of amides is 1. The van der Waals surface area contributed by atoms with E-state index in [-0.39, 0.29) is 23.8 Å². The zero-order valence-electron chi connectivity index (χ0n) is 20.5. The average Bonchev–Trinajstić information content (AvgIpc) is 2.78. The van der Waals surface area contributed by atoms with Crippen molar-refractivity contribution in [3.63, 3.8) is 0 Å². The molecule has 1 aromatic rings. The Kier molecular flexibility index (Phi) is 15.9. The number of carboxylic acids is 1. The maximum atomic E-state index is 12.1. The number of carboxylic acid groups (broad SMARTS) is 1. The minimum atomic E-state index is -1.12. The van der Waals surface area contributed by atoms with Crippen molar-refractivity contribution < 1.29 is 24.9 Å². The lowest BCUT2D eigenvalue weighted by atomic mass is 10.0. The van der Waals surface area contributed by atoms with Gasteiger partial charge in [0.2, 0.25) is 5.91 Å². The highest BCUT2D eigenvalue weighted by Gasteiger charge is 2.20. The Morgan fingerprint density at radius 3 is 1.70 bits per heavy atom. The summed E-state index contributed by atoms with van der Waals surface area (Å²) in [6, 6.07) is 3.09. The molecule has 0 aliphatic carbocycles. The molecule has 188 valence electrons. The number of aromatic hydroxyl groups is 2. The van der Waals surface area contributed by atoms with Crippen LogP contribution in [0, 0.1) is 0 Å². The van der Waals surface area contributed by atoms with Crippen molar-refractivity contribution in [1.29, 1.82) is 0 Å². The van der Waals surface area contributed by atoms with Crippen molar-refractivity contribution >= 4 is 11.9 Å². The van der Waals surface area contributed by atoms with Gasteiger partial charge in [0.05, 0.1) is 0 Å².